The van der Waals surface area contributed by atoms with Crippen molar-refractivity contribution in [3.63, 3.8) is 0 Å². The van der Waals surface area contributed by atoms with Crippen LogP contribution in [-0.4, -0.2) is 161 Å². The van der Waals surface area contributed by atoms with Crippen molar-refractivity contribution in [1.82, 2.24) is 73.2 Å². The zero-order valence-corrected chi connectivity index (χ0v) is 48.6. The van der Waals surface area contributed by atoms with Crippen LogP contribution in [0.2, 0.25) is 0 Å². The molecule has 0 bridgehead atoms. The van der Waals surface area contributed by atoms with Gasteiger partial charge in [-0.1, -0.05) is 0 Å². The first-order chi connectivity index (χ1) is 41.4. The van der Waals surface area contributed by atoms with Crippen LogP contribution in [0.5, 0.6) is 0 Å². The average Bonchev–Trinajstić information content (AvgIpc) is 3.66. The standard InChI is InChI=1S/C53H65N21O13/c1-9-87-41(78)13-16-57-51(84)44-64-37(27-73(44)7)66-48(81)34-19-29(23-71(34)5)59-40(77)12-15-56-50(83)43-63-36(26-72(43)6)62-39(76)11-10-14-55-46(79)32-20-31(25-69(32)3)61-53(86)45-65-38(28-74(45)8)67-49(82)35(75)22-58-47(80)33-21-30(24-70(33)4)60-52(85)42-54-17-18-68(42)2/h17-21,23-28,35,75H,9-16,22H2,1-8H3,(H,55,79)(H,56,83)(H,57,84)(H,58,80)(H,59,77)(H,60,85)(H,61,86)(H,62,76)(H,66,81)(H,67,82)/t35-/m0/s1. The van der Waals surface area contributed by atoms with Gasteiger partial charge in [0.1, 0.15) is 23.2 Å². The van der Waals surface area contributed by atoms with Gasteiger partial charge in [0.2, 0.25) is 29.3 Å². The van der Waals surface area contributed by atoms with Gasteiger partial charge in [0.15, 0.2) is 23.3 Å². The van der Waals surface area contributed by atoms with E-state index in [1.54, 1.807) is 55.4 Å². The van der Waals surface area contributed by atoms with Crippen molar-refractivity contribution in [2.45, 2.75) is 38.7 Å². The molecule has 34 nitrogen and oxygen atoms in total. The Kier molecular flexibility index (Phi) is 20.7. The molecule has 0 spiro atoms. The summed E-state index contributed by atoms with van der Waals surface area (Å²) in [6.45, 7) is 1.45. The largest absolute Gasteiger partial charge is 0.466 e. The Labute approximate surface area is 494 Å². The third-order valence-corrected chi connectivity index (χ3v) is 12.7. The number of hydrogen-bond acceptors (Lipinski definition) is 17. The van der Waals surface area contributed by atoms with Crippen LogP contribution in [0.4, 0.5) is 34.5 Å². The number of aliphatic hydroxyl groups excluding tert-OH is 1. The van der Waals surface area contributed by atoms with E-state index in [4.69, 9.17) is 4.74 Å². The van der Waals surface area contributed by atoms with Gasteiger partial charge in [0.05, 0.1) is 36.6 Å². The van der Waals surface area contributed by atoms with Crippen molar-refractivity contribution in [1.29, 1.82) is 0 Å². The minimum Gasteiger partial charge on any atom is -0.466 e. The van der Waals surface area contributed by atoms with Crippen LogP contribution in [-0.2, 0) is 73.2 Å². The van der Waals surface area contributed by atoms with Gasteiger partial charge in [-0.2, -0.15) is 0 Å². The molecule has 7 rings (SSSR count). The van der Waals surface area contributed by atoms with Crippen LogP contribution in [0.25, 0.3) is 0 Å². The topological polar surface area (TPSA) is 424 Å². The van der Waals surface area contributed by atoms with Gasteiger partial charge in [-0.15, -0.1) is 0 Å². The second-order valence-electron chi connectivity index (χ2n) is 19.6. The number of aryl methyl sites for hydroxylation is 7. The third kappa shape index (κ3) is 16.8. The molecule has 0 unspecified atom stereocenters. The molecule has 460 valence electrons. The molecular formula is C53H65N21O13. The van der Waals surface area contributed by atoms with Crippen LogP contribution in [0.15, 0.2) is 67.8 Å². The third-order valence-electron chi connectivity index (χ3n) is 12.7. The Hall–Kier alpha value is -11.2. The summed E-state index contributed by atoms with van der Waals surface area (Å²) >= 11 is 0. The zero-order chi connectivity index (χ0) is 63.2. The highest BCUT2D eigenvalue weighted by Gasteiger charge is 2.25. The number of carbonyl (C=O) groups excluding carboxylic acids is 11. The molecular weight excluding hydrogens is 1140 g/mol. The molecule has 0 aliphatic carbocycles. The summed E-state index contributed by atoms with van der Waals surface area (Å²) in [6, 6.07) is 4.27. The molecule has 0 radical (unpaired) electrons. The van der Waals surface area contributed by atoms with Gasteiger partial charge in [0.25, 0.3) is 47.3 Å². The molecule has 10 amide bonds. The smallest absolute Gasteiger partial charge is 0.307 e. The second kappa shape index (κ2) is 28.4. The number of carbonyl (C=O) groups is 11. The van der Waals surface area contributed by atoms with Crippen molar-refractivity contribution < 1.29 is 62.6 Å². The molecule has 7 heterocycles. The highest BCUT2D eigenvalue weighted by atomic mass is 16.5. The Morgan fingerprint density at radius 3 is 1.44 bits per heavy atom. The molecule has 7 aromatic rings. The predicted molar refractivity (Wildman–Crippen MR) is 309 cm³/mol. The number of rotatable bonds is 27. The molecule has 0 aromatic carbocycles. The first-order valence-electron chi connectivity index (χ1n) is 26.7. The Bertz CT molecular complexity index is 3780. The molecule has 0 aliphatic rings. The SMILES string of the molecule is CCOC(=O)CCNC(=O)c1nc(NC(=O)c2cc(NC(=O)CCNC(=O)c3nc(NC(=O)CCCNC(=O)c4cc(NC(=O)c5nc(NC(=O)[C@@H](O)CNC(=O)c6cc(NC(=O)c7nccn7C)cn6C)cn5C)cn4C)cn3C)cn2C)cn1C. The van der Waals surface area contributed by atoms with Gasteiger partial charge in [0, 0.05) is 131 Å². The maximum absolute atomic E-state index is 13.3. The quantitative estimate of drug-likeness (QED) is 0.0233. The van der Waals surface area contributed by atoms with E-state index in [0.717, 1.165) is 0 Å². The van der Waals surface area contributed by atoms with E-state index >= 15 is 0 Å². The molecule has 0 fully saturated rings. The maximum atomic E-state index is 13.3. The fourth-order valence-electron chi connectivity index (χ4n) is 8.44. The molecule has 0 saturated carbocycles. The summed E-state index contributed by atoms with van der Waals surface area (Å²) < 4.78 is 14.9. The van der Waals surface area contributed by atoms with E-state index in [0.29, 0.717) is 11.4 Å². The lowest BCUT2D eigenvalue weighted by Gasteiger charge is -2.11. The van der Waals surface area contributed by atoms with Gasteiger partial charge >= 0.3 is 5.97 Å². The minimum absolute atomic E-state index is 0.00714. The average molecular weight is 1200 g/mol. The number of anilines is 6. The molecule has 7 aromatic heterocycles. The zero-order valence-electron chi connectivity index (χ0n) is 48.6. The summed E-state index contributed by atoms with van der Waals surface area (Å²) in [5, 5.41) is 36.5. The van der Waals surface area contributed by atoms with E-state index in [-0.39, 0.29) is 115 Å². The number of nitrogens with zero attached hydrogens (tertiary/aromatic N) is 11. The molecule has 87 heavy (non-hydrogen) atoms. The summed E-state index contributed by atoms with van der Waals surface area (Å²) in [5.41, 5.74) is 1.30. The van der Waals surface area contributed by atoms with Crippen molar-refractivity contribution >= 4 is 99.6 Å². The Morgan fingerprint density at radius 2 is 0.908 bits per heavy atom. The summed E-state index contributed by atoms with van der Waals surface area (Å²) in [7, 11) is 11.0. The van der Waals surface area contributed by atoms with Gasteiger partial charge in [-0.05, 0) is 31.5 Å². The van der Waals surface area contributed by atoms with Gasteiger partial charge < -0.3 is 95.0 Å². The van der Waals surface area contributed by atoms with Crippen molar-refractivity contribution in [2.75, 3.05) is 64.7 Å². The maximum Gasteiger partial charge on any atom is 0.307 e. The lowest BCUT2D eigenvalue weighted by atomic mass is 10.3. The van der Waals surface area contributed by atoms with E-state index in [1.807, 2.05) is 0 Å². The van der Waals surface area contributed by atoms with Crippen LogP contribution in [0.3, 0.4) is 0 Å². The van der Waals surface area contributed by atoms with E-state index in [1.165, 1.54) is 101 Å². The summed E-state index contributed by atoms with van der Waals surface area (Å²) in [4.78, 5) is 157. The normalized spacial score (nSPS) is 11.2. The Morgan fingerprint density at radius 1 is 0.460 bits per heavy atom. The molecule has 34 heteroatoms. The van der Waals surface area contributed by atoms with Gasteiger partial charge in [-0.25, -0.2) is 19.9 Å². The van der Waals surface area contributed by atoms with E-state index in [9.17, 15) is 57.8 Å². The molecule has 11 N–H and O–H groups in total. The second-order valence-corrected chi connectivity index (χ2v) is 19.6. The highest BCUT2D eigenvalue weighted by molar-refractivity contribution is 6.06. The lowest BCUT2D eigenvalue weighted by Crippen LogP contribution is -2.40. The van der Waals surface area contributed by atoms with E-state index < -0.39 is 77.7 Å². The van der Waals surface area contributed by atoms with Crippen LogP contribution in [0.1, 0.15) is 107 Å². The van der Waals surface area contributed by atoms with Crippen molar-refractivity contribution in [3.05, 3.63) is 108 Å². The fraction of sp³-hybridized carbons (Fsp3) is 0.340. The monoisotopic (exact) mass is 1200 g/mol. The highest BCUT2D eigenvalue weighted by Crippen LogP contribution is 2.19. The van der Waals surface area contributed by atoms with Crippen molar-refractivity contribution in [3.8, 4) is 0 Å². The summed E-state index contributed by atoms with van der Waals surface area (Å²) in [5.74, 6) is -6.35. The molecule has 0 saturated heterocycles. The van der Waals surface area contributed by atoms with Crippen molar-refractivity contribution in [2.24, 2.45) is 49.3 Å². The first-order valence-corrected chi connectivity index (χ1v) is 26.7. The number of imidazole rings is 4. The van der Waals surface area contributed by atoms with Crippen LogP contribution >= 0.6 is 0 Å². The minimum atomic E-state index is -1.72. The number of aromatic nitrogens is 11. The predicted octanol–water partition coefficient (Wildman–Crippen LogP) is -0.287. The number of aliphatic hydroxyl groups is 1. The Balaban J connectivity index is 0.779. The number of ether oxygens (including phenoxy) is 1. The fourth-order valence-corrected chi connectivity index (χ4v) is 8.44. The number of esters is 1. The molecule has 0 aliphatic heterocycles. The van der Waals surface area contributed by atoms with E-state index in [2.05, 4.69) is 73.1 Å². The van der Waals surface area contributed by atoms with Gasteiger partial charge in [-0.3, -0.25) is 52.7 Å². The summed E-state index contributed by atoms with van der Waals surface area (Å²) in [6.07, 6.45) is 10.1. The molecule has 1 atom stereocenters. The van der Waals surface area contributed by atoms with Crippen LogP contribution in [0, 0.1) is 0 Å². The number of amides is 10. The van der Waals surface area contributed by atoms with Crippen LogP contribution < -0.4 is 53.2 Å². The lowest BCUT2D eigenvalue weighted by molar-refractivity contribution is -0.143. The number of nitrogens with one attached hydrogen (secondary N) is 10. The number of hydrogen-bond donors (Lipinski definition) is 11. The first kappa shape index (κ1) is 63.4.